The molecule has 0 radical (unpaired) electrons. The molecule has 0 aromatic rings. The molecule has 2 heterocycles. The molecule has 4 heteroatoms. The zero-order chi connectivity index (χ0) is 14.8. The SMILES string of the molecule is CC(C)(C)CC(=O)N1CCC2(CCC(CN)OC2)CC1. The molecule has 2 saturated heterocycles. The first-order valence-electron chi connectivity index (χ1n) is 7.93. The Hall–Kier alpha value is -0.610. The van der Waals surface area contributed by atoms with E-state index in [1.807, 2.05) is 4.90 Å². The van der Waals surface area contributed by atoms with Crippen molar-refractivity contribution in [2.45, 2.75) is 59.0 Å². The highest BCUT2D eigenvalue weighted by Crippen LogP contribution is 2.40. The lowest BCUT2D eigenvalue weighted by molar-refractivity contribution is -0.138. The Morgan fingerprint density at radius 1 is 1.30 bits per heavy atom. The van der Waals surface area contributed by atoms with Crippen molar-refractivity contribution < 1.29 is 9.53 Å². The molecule has 1 spiro atoms. The van der Waals surface area contributed by atoms with Crippen LogP contribution in [-0.4, -0.2) is 43.2 Å². The number of hydrogen-bond donors (Lipinski definition) is 1. The quantitative estimate of drug-likeness (QED) is 0.844. The van der Waals surface area contributed by atoms with Crippen LogP contribution in [0.1, 0.15) is 52.9 Å². The van der Waals surface area contributed by atoms with Crippen molar-refractivity contribution in [3.8, 4) is 0 Å². The zero-order valence-corrected chi connectivity index (χ0v) is 13.3. The van der Waals surface area contributed by atoms with Gasteiger partial charge in [-0.05, 0) is 36.5 Å². The normalized spacial score (nSPS) is 26.8. The lowest BCUT2D eigenvalue weighted by Gasteiger charge is -2.45. The first-order valence-corrected chi connectivity index (χ1v) is 7.93. The zero-order valence-electron chi connectivity index (χ0n) is 13.3. The highest BCUT2D eigenvalue weighted by molar-refractivity contribution is 5.76. The second-order valence-electron chi connectivity index (χ2n) is 7.83. The van der Waals surface area contributed by atoms with Gasteiger partial charge in [0.1, 0.15) is 0 Å². The summed E-state index contributed by atoms with van der Waals surface area (Å²) in [6.07, 6.45) is 5.34. The molecule has 2 aliphatic heterocycles. The van der Waals surface area contributed by atoms with Gasteiger partial charge in [0.2, 0.25) is 5.91 Å². The molecular weight excluding hydrogens is 252 g/mol. The summed E-state index contributed by atoms with van der Waals surface area (Å²) in [7, 11) is 0. The topological polar surface area (TPSA) is 55.6 Å². The molecule has 1 unspecified atom stereocenters. The Bertz CT molecular complexity index is 331. The molecule has 2 N–H and O–H groups in total. The number of nitrogens with zero attached hydrogens (tertiary/aromatic N) is 1. The van der Waals surface area contributed by atoms with Crippen molar-refractivity contribution in [2.75, 3.05) is 26.2 Å². The van der Waals surface area contributed by atoms with Gasteiger partial charge >= 0.3 is 0 Å². The Balaban J connectivity index is 1.82. The second-order valence-corrected chi connectivity index (χ2v) is 7.83. The number of amides is 1. The lowest BCUT2D eigenvalue weighted by atomic mass is 9.73. The lowest BCUT2D eigenvalue weighted by Crippen LogP contribution is -2.48. The summed E-state index contributed by atoms with van der Waals surface area (Å²) in [5.41, 5.74) is 6.05. The van der Waals surface area contributed by atoms with Crippen molar-refractivity contribution in [1.29, 1.82) is 0 Å². The number of hydrogen-bond acceptors (Lipinski definition) is 3. The van der Waals surface area contributed by atoms with E-state index in [0.29, 0.717) is 24.3 Å². The first kappa shape index (κ1) is 15.8. The Morgan fingerprint density at radius 2 is 1.95 bits per heavy atom. The van der Waals surface area contributed by atoms with Crippen LogP contribution in [0, 0.1) is 10.8 Å². The summed E-state index contributed by atoms with van der Waals surface area (Å²) in [4.78, 5) is 14.3. The largest absolute Gasteiger partial charge is 0.376 e. The van der Waals surface area contributed by atoms with Gasteiger partial charge in [0.25, 0.3) is 0 Å². The van der Waals surface area contributed by atoms with Crippen LogP contribution in [0.3, 0.4) is 0 Å². The molecular formula is C16H30N2O2. The molecule has 4 nitrogen and oxygen atoms in total. The summed E-state index contributed by atoms with van der Waals surface area (Å²) in [5.74, 6) is 0.309. The highest BCUT2D eigenvalue weighted by atomic mass is 16.5. The minimum atomic E-state index is 0.0779. The maximum Gasteiger partial charge on any atom is 0.223 e. The van der Waals surface area contributed by atoms with Crippen molar-refractivity contribution in [3.63, 3.8) is 0 Å². The van der Waals surface area contributed by atoms with E-state index in [2.05, 4.69) is 20.8 Å². The third kappa shape index (κ3) is 3.95. The van der Waals surface area contributed by atoms with Crippen LogP contribution in [-0.2, 0) is 9.53 Å². The fraction of sp³-hybridized carbons (Fsp3) is 0.938. The van der Waals surface area contributed by atoms with E-state index in [1.165, 1.54) is 6.42 Å². The molecule has 20 heavy (non-hydrogen) atoms. The van der Waals surface area contributed by atoms with E-state index in [-0.39, 0.29) is 11.5 Å². The standard InChI is InChI=1S/C16H30N2O2/c1-15(2,3)10-14(19)18-8-6-16(7-9-18)5-4-13(11-17)20-12-16/h13H,4-12,17H2,1-3H3. The van der Waals surface area contributed by atoms with Crippen LogP contribution in [0.15, 0.2) is 0 Å². The van der Waals surface area contributed by atoms with E-state index in [0.717, 1.165) is 39.0 Å². The number of ether oxygens (including phenoxy) is 1. The Labute approximate surface area is 123 Å². The van der Waals surface area contributed by atoms with Gasteiger partial charge in [-0.1, -0.05) is 20.8 Å². The summed E-state index contributed by atoms with van der Waals surface area (Å²) in [6, 6.07) is 0. The van der Waals surface area contributed by atoms with Crippen molar-refractivity contribution in [2.24, 2.45) is 16.6 Å². The van der Waals surface area contributed by atoms with Crippen molar-refractivity contribution in [1.82, 2.24) is 4.90 Å². The van der Waals surface area contributed by atoms with Crippen LogP contribution >= 0.6 is 0 Å². The van der Waals surface area contributed by atoms with Crippen molar-refractivity contribution in [3.05, 3.63) is 0 Å². The minimum Gasteiger partial charge on any atom is -0.376 e. The molecule has 2 rings (SSSR count). The van der Waals surface area contributed by atoms with Crippen LogP contribution in [0.2, 0.25) is 0 Å². The maximum atomic E-state index is 12.3. The van der Waals surface area contributed by atoms with Gasteiger partial charge < -0.3 is 15.4 Å². The van der Waals surface area contributed by atoms with Crippen molar-refractivity contribution >= 4 is 5.91 Å². The summed E-state index contributed by atoms with van der Waals surface area (Å²) in [6.45, 7) is 9.62. The summed E-state index contributed by atoms with van der Waals surface area (Å²) in [5, 5.41) is 0. The third-order valence-corrected chi connectivity index (χ3v) is 4.74. The minimum absolute atomic E-state index is 0.0779. The second kappa shape index (κ2) is 6.02. The molecule has 0 bridgehead atoms. The number of likely N-dealkylation sites (tertiary alicyclic amines) is 1. The average Bonchev–Trinajstić information content (AvgIpc) is 2.38. The average molecular weight is 282 g/mol. The summed E-state index contributed by atoms with van der Waals surface area (Å²) < 4.78 is 5.87. The molecule has 2 fully saturated rings. The third-order valence-electron chi connectivity index (χ3n) is 4.74. The number of carbonyl (C=O) groups is 1. The fourth-order valence-corrected chi connectivity index (χ4v) is 3.29. The van der Waals surface area contributed by atoms with Gasteiger partial charge in [-0.25, -0.2) is 0 Å². The van der Waals surface area contributed by atoms with Gasteiger partial charge in [-0.2, -0.15) is 0 Å². The monoisotopic (exact) mass is 282 g/mol. The molecule has 0 aromatic heterocycles. The predicted octanol–water partition coefficient (Wildman–Crippen LogP) is 2.17. The maximum absolute atomic E-state index is 12.3. The van der Waals surface area contributed by atoms with Crippen LogP contribution in [0.25, 0.3) is 0 Å². The fourth-order valence-electron chi connectivity index (χ4n) is 3.29. The Kier molecular flexibility index (Phi) is 4.75. The number of nitrogens with two attached hydrogens (primary N) is 1. The van der Waals surface area contributed by atoms with Gasteiger partial charge in [-0.3, -0.25) is 4.79 Å². The van der Waals surface area contributed by atoms with E-state index < -0.39 is 0 Å². The van der Waals surface area contributed by atoms with E-state index in [1.54, 1.807) is 0 Å². The van der Waals surface area contributed by atoms with E-state index >= 15 is 0 Å². The molecule has 0 saturated carbocycles. The van der Waals surface area contributed by atoms with E-state index in [4.69, 9.17) is 10.5 Å². The number of rotatable bonds is 2. The van der Waals surface area contributed by atoms with Gasteiger partial charge in [0.05, 0.1) is 12.7 Å². The highest BCUT2D eigenvalue weighted by Gasteiger charge is 2.39. The predicted molar refractivity (Wildman–Crippen MR) is 80.3 cm³/mol. The van der Waals surface area contributed by atoms with E-state index in [9.17, 15) is 4.79 Å². The first-order chi connectivity index (χ1) is 9.34. The Morgan fingerprint density at radius 3 is 2.40 bits per heavy atom. The number of piperidine rings is 1. The summed E-state index contributed by atoms with van der Waals surface area (Å²) >= 11 is 0. The molecule has 1 atom stereocenters. The molecule has 1 amide bonds. The van der Waals surface area contributed by atoms with Gasteiger partial charge in [0, 0.05) is 26.1 Å². The van der Waals surface area contributed by atoms with Gasteiger partial charge in [0.15, 0.2) is 0 Å². The molecule has 2 aliphatic rings. The molecule has 0 aromatic carbocycles. The molecule has 0 aliphatic carbocycles. The van der Waals surface area contributed by atoms with Crippen LogP contribution < -0.4 is 5.73 Å². The smallest absolute Gasteiger partial charge is 0.223 e. The van der Waals surface area contributed by atoms with Crippen LogP contribution in [0.5, 0.6) is 0 Å². The molecule has 116 valence electrons. The van der Waals surface area contributed by atoms with Gasteiger partial charge in [-0.15, -0.1) is 0 Å². The van der Waals surface area contributed by atoms with Crippen LogP contribution in [0.4, 0.5) is 0 Å². The number of carbonyl (C=O) groups excluding carboxylic acids is 1.